The lowest BCUT2D eigenvalue weighted by Crippen LogP contribution is -2.46. The van der Waals surface area contributed by atoms with E-state index in [4.69, 9.17) is 0 Å². The summed E-state index contributed by atoms with van der Waals surface area (Å²) in [6, 6.07) is 7.91. The number of nitrogens with zero attached hydrogens (tertiary/aromatic N) is 1. The molecule has 2 atom stereocenters. The van der Waals surface area contributed by atoms with Crippen molar-refractivity contribution in [2.24, 2.45) is 17.8 Å². The smallest absolute Gasteiger partial charge is 0.122 e. The van der Waals surface area contributed by atoms with Crippen molar-refractivity contribution < 1.29 is 14.4 Å². The Bertz CT molecular complexity index is 768. The normalized spacial score (nSPS) is 16.4. The summed E-state index contributed by atoms with van der Waals surface area (Å²) in [7, 11) is 3.75. The van der Waals surface area contributed by atoms with Crippen LogP contribution in [0.2, 0.25) is 0 Å². The molecule has 0 aliphatic carbocycles. The molecule has 0 spiro atoms. The van der Waals surface area contributed by atoms with Crippen LogP contribution < -0.4 is 10.6 Å². The number of aldehydes is 3. The number of aryl methyl sites for hydroxylation is 2. The van der Waals surface area contributed by atoms with Crippen molar-refractivity contribution in [3.63, 3.8) is 0 Å². The first kappa shape index (κ1) is 45.5. The van der Waals surface area contributed by atoms with Gasteiger partial charge in [0, 0.05) is 24.3 Å². The predicted molar refractivity (Wildman–Crippen MR) is 188 cm³/mol. The van der Waals surface area contributed by atoms with Crippen LogP contribution in [0.5, 0.6) is 0 Å². The van der Waals surface area contributed by atoms with Crippen molar-refractivity contribution >= 4 is 18.9 Å². The molecule has 2 saturated heterocycles. The number of likely N-dealkylation sites (tertiary alicyclic amines) is 1. The first-order chi connectivity index (χ1) is 20.5. The minimum atomic E-state index is 0.0419. The fraction of sp³-hybridized carbons (Fsp3) is 0.757. The fourth-order valence-electron chi connectivity index (χ4n) is 4.28. The van der Waals surface area contributed by atoms with Gasteiger partial charge in [0.2, 0.25) is 0 Å². The minimum Gasteiger partial charge on any atom is -0.323 e. The minimum absolute atomic E-state index is 0.0419. The van der Waals surface area contributed by atoms with Gasteiger partial charge in [-0.25, -0.2) is 0 Å². The molecule has 2 unspecified atom stereocenters. The zero-order valence-electron chi connectivity index (χ0n) is 30.3. The quantitative estimate of drug-likeness (QED) is 0.295. The molecule has 6 nitrogen and oxygen atoms in total. The maximum atomic E-state index is 9.89. The van der Waals surface area contributed by atoms with Gasteiger partial charge in [-0.05, 0) is 121 Å². The highest BCUT2D eigenvalue weighted by Gasteiger charge is 2.26. The topological polar surface area (TPSA) is 78.5 Å². The summed E-state index contributed by atoms with van der Waals surface area (Å²) in [5.41, 5.74) is 4.43. The first-order valence-electron chi connectivity index (χ1n) is 16.9. The molecule has 2 aliphatic heterocycles. The van der Waals surface area contributed by atoms with Gasteiger partial charge >= 0.3 is 0 Å². The standard InChI is InChI=1S/C18H28N2.C6H10O2.C5H10O.C4H10.C2H7N.C2H6/c1-14-3-4-17(13-15(14)2)16-7-11-20(12-8-16)18-5-9-19-10-6-18;1-6(5-8)3-2-4-7;1-3-5(2)4-6;1-4(2)3;1-3-2;1-2/h3-4,13,16,18-19H,5-12H2,1-2H3;4-6H,2-3H2,1H3;4-5H,3H2,1-2H3;4H,1-3H3;3H,1-2H3;1-2H3. The highest BCUT2D eigenvalue weighted by Crippen LogP contribution is 2.31. The van der Waals surface area contributed by atoms with Crippen molar-refractivity contribution in [2.45, 2.75) is 126 Å². The molecule has 1 aromatic carbocycles. The summed E-state index contributed by atoms with van der Waals surface area (Å²) >= 11 is 0. The Morgan fingerprint density at radius 1 is 0.860 bits per heavy atom. The van der Waals surface area contributed by atoms with Gasteiger partial charge in [0.25, 0.3) is 0 Å². The Morgan fingerprint density at radius 3 is 1.72 bits per heavy atom. The summed E-state index contributed by atoms with van der Waals surface area (Å²) in [5, 5.41) is 6.22. The SMILES string of the molecule is CC.CC(C)C.CC(C=O)CCC=O.CCC(C)C=O.CNC.Cc1ccc(C2CCN(C3CCNCC3)CC2)cc1C. The van der Waals surface area contributed by atoms with Crippen molar-refractivity contribution in [2.75, 3.05) is 40.3 Å². The molecule has 0 aromatic heterocycles. The zero-order chi connectivity index (χ0) is 33.6. The van der Waals surface area contributed by atoms with E-state index in [1.807, 2.05) is 41.8 Å². The van der Waals surface area contributed by atoms with E-state index < -0.39 is 0 Å². The molecule has 252 valence electrons. The first-order valence-corrected chi connectivity index (χ1v) is 16.9. The zero-order valence-corrected chi connectivity index (χ0v) is 30.3. The summed E-state index contributed by atoms with van der Waals surface area (Å²) in [5.74, 6) is 1.91. The van der Waals surface area contributed by atoms with Gasteiger partial charge in [-0.2, -0.15) is 0 Å². The number of hydrogen-bond acceptors (Lipinski definition) is 6. The van der Waals surface area contributed by atoms with E-state index in [2.05, 4.69) is 68.4 Å². The van der Waals surface area contributed by atoms with Crippen LogP contribution in [0.4, 0.5) is 0 Å². The Balaban J connectivity index is -0.000000577. The number of hydrogen-bond donors (Lipinski definition) is 2. The lowest BCUT2D eigenvalue weighted by molar-refractivity contribution is -0.112. The van der Waals surface area contributed by atoms with Crippen molar-refractivity contribution in [3.05, 3.63) is 34.9 Å². The third-order valence-corrected chi connectivity index (χ3v) is 7.21. The van der Waals surface area contributed by atoms with Crippen molar-refractivity contribution in [3.8, 4) is 0 Å². The Kier molecular flexibility index (Phi) is 33.4. The molecule has 0 radical (unpaired) electrons. The molecule has 2 heterocycles. The van der Waals surface area contributed by atoms with Gasteiger partial charge in [0.1, 0.15) is 18.9 Å². The van der Waals surface area contributed by atoms with Gasteiger partial charge < -0.3 is 29.9 Å². The van der Waals surface area contributed by atoms with Crippen LogP contribution in [0.1, 0.15) is 123 Å². The summed E-state index contributed by atoms with van der Waals surface area (Å²) in [6.07, 6.45) is 10.2. The molecule has 2 aliphatic rings. The van der Waals surface area contributed by atoms with Gasteiger partial charge in [0.15, 0.2) is 0 Å². The second-order valence-corrected chi connectivity index (χ2v) is 12.2. The predicted octanol–water partition coefficient (Wildman–Crippen LogP) is 7.79. The molecule has 3 rings (SSSR count). The van der Waals surface area contributed by atoms with E-state index in [1.54, 1.807) is 12.5 Å². The van der Waals surface area contributed by atoms with Gasteiger partial charge in [-0.3, -0.25) is 0 Å². The molecular formula is C37H71N3O3. The van der Waals surface area contributed by atoms with Crippen LogP contribution in [-0.2, 0) is 14.4 Å². The molecule has 0 amide bonds. The molecule has 0 bridgehead atoms. The Labute approximate surface area is 267 Å². The number of benzene rings is 1. The fourth-order valence-corrected chi connectivity index (χ4v) is 4.28. The van der Waals surface area contributed by atoms with Gasteiger partial charge in [0.05, 0.1) is 0 Å². The monoisotopic (exact) mass is 606 g/mol. The van der Waals surface area contributed by atoms with Crippen LogP contribution in [0.25, 0.3) is 0 Å². The number of carbonyl (C=O) groups is 3. The highest BCUT2D eigenvalue weighted by atomic mass is 16.1. The summed E-state index contributed by atoms with van der Waals surface area (Å²) in [6.45, 7) is 25.7. The number of rotatable bonds is 8. The van der Waals surface area contributed by atoms with E-state index >= 15 is 0 Å². The lowest BCUT2D eigenvalue weighted by atomic mass is 9.87. The second kappa shape index (κ2) is 31.5. The van der Waals surface area contributed by atoms with Crippen LogP contribution in [0, 0.1) is 31.6 Å². The van der Waals surface area contributed by atoms with E-state index in [-0.39, 0.29) is 11.8 Å². The van der Waals surface area contributed by atoms with Crippen molar-refractivity contribution in [1.82, 2.24) is 15.5 Å². The van der Waals surface area contributed by atoms with E-state index in [1.165, 1.54) is 63.0 Å². The molecule has 2 fully saturated rings. The summed E-state index contributed by atoms with van der Waals surface area (Å²) in [4.78, 5) is 32.1. The summed E-state index contributed by atoms with van der Waals surface area (Å²) < 4.78 is 0. The Morgan fingerprint density at radius 2 is 1.35 bits per heavy atom. The molecular weight excluding hydrogens is 534 g/mol. The average molecular weight is 606 g/mol. The maximum Gasteiger partial charge on any atom is 0.122 e. The van der Waals surface area contributed by atoms with Crippen molar-refractivity contribution in [1.29, 1.82) is 0 Å². The third-order valence-electron chi connectivity index (χ3n) is 7.21. The van der Waals surface area contributed by atoms with E-state index in [0.717, 1.165) is 43.2 Å². The highest BCUT2D eigenvalue weighted by molar-refractivity contribution is 5.55. The van der Waals surface area contributed by atoms with E-state index in [0.29, 0.717) is 12.8 Å². The number of nitrogens with one attached hydrogen (secondary N) is 2. The molecule has 0 saturated carbocycles. The van der Waals surface area contributed by atoms with Crippen LogP contribution in [0.15, 0.2) is 18.2 Å². The van der Waals surface area contributed by atoms with Crippen LogP contribution >= 0.6 is 0 Å². The van der Waals surface area contributed by atoms with Crippen LogP contribution in [-0.4, -0.2) is 70.1 Å². The molecule has 1 aromatic rings. The molecule has 6 heteroatoms. The third kappa shape index (κ3) is 26.2. The second-order valence-electron chi connectivity index (χ2n) is 12.2. The molecule has 43 heavy (non-hydrogen) atoms. The molecule has 2 N–H and O–H groups in total. The van der Waals surface area contributed by atoms with E-state index in [9.17, 15) is 14.4 Å². The van der Waals surface area contributed by atoms with Crippen LogP contribution in [0.3, 0.4) is 0 Å². The van der Waals surface area contributed by atoms with Gasteiger partial charge in [-0.15, -0.1) is 0 Å². The van der Waals surface area contributed by atoms with Gasteiger partial charge in [-0.1, -0.05) is 73.6 Å². The maximum absolute atomic E-state index is 9.89. The number of carbonyl (C=O) groups excluding carboxylic acids is 3. The average Bonchev–Trinajstić information content (AvgIpc) is 3.03. The largest absolute Gasteiger partial charge is 0.323 e. The Hall–Kier alpha value is -1.89. The number of piperidine rings is 2. The lowest BCUT2D eigenvalue weighted by Gasteiger charge is -2.39.